The van der Waals surface area contributed by atoms with Gasteiger partial charge in [-0.05, 0) is 24.3 Å². The van der Waals surface area contributed by atoms with Gasteiger partial charge in [0, 0.05) is 45.7 Å². The Morgan fingerprint density at radius 2 is 2.00 bits per heavy atom. The summed E-state index contributed by atoms with van der Waals surface area (Å²) in [5.41, 5.74) is 8.30. The van der Waals surface area contributed by atoms with Gasteiger partial charge in [-0.3, -0.25) is 0 Å². The van der Waals surface area contributed by atoms with Crippen LogP contribution in [-0.4, -0.2) is 85.3 Å². The van der Waals surface area contributed by atoms with Gasteiger partial charge in [0.1, 0.15) is 23.4 Å². The number of aliphatic hydroxyl groups is 1. The first-order valence-corrected chi connectivity index (χ1v) is 12.3. The topological polar surface area (TPSA) is 124 Å². The van der Waals surface area contributed by atoms with E-state index < -0.39 is 18.9 Å². The molecule has 1 aliphatic heterocycles. The van der Waals surface area contributed by atoms with Gasteiger partial charge in [0.15, 0.2) is 6.61 Å². The summed E-state index contributed by atoms with van der Waals surface area (Å²) in [7, 11) is 1.78. The number of carbonyl (C=O) groups excluding carboxylic acids is 1. The van der Waals surface area contributed by atoms with Crippen molar-refractivity contribution in [1.29, 1.82) is 0 Å². The van der Waals surface area contributed by atoms with Crippen LogP contribution in [0.2, 0.25) is 5.02 Å². The smallest absolute Gasteiger partial charge is 0.422 e. The first kappa shape index (κ1) is 29.4. The molecule has 1 fully saturated rings. The highest BCUT2D eigenvalue weighted by molar-refractivity contribution is 6.32. The lowest BCUT2D eigenvalue weighted by Gasteiger charge is -2.31. The Morgan fingerprint density at radius 3 is 2.63 bits per heavy atom. The molecule has 1 amide bonds. The van der Waals surface area contributed by atoms with Crippen LogP contribution in [0.4, 0.5) is 29.3 Å². The van der Waals surface area contributed by atoms with Gasteiger partial charge in [0.25, 0.3) is 0 Å². The quantitative estimate of drug-likeness (QED) is 0.217. The lowest BCUT2D eigenvalue weighted by Crippen LogP contribution is -2.42. The van der Waals surface area contributed by atoms with Crippen LogP contribution in [0.1, 0.15) is 18.5 Å². The van der Waals surface area contributed by atoms with Crippen LogP contribution in [0.5, 0.6) is 5.75 Å². The van der Waals surface area contributed by atoms with E-state index in [1.807, 2.05) is 16.8 Å². The molecule has 0 atom stereocenters. The highest BCUT2D eigenvalue weighted by Gasteiger charge is 2.32. The van der Waals surface area contributed by atoms with Crippen molar-refractivity contribution >= 4 is 34.9 Å². The number of nitrogens with zero attached hydrogens (tertiary/aromatic N) is 3. The van der Waals surface area contributed by atoms with Crippen molar-refractivity contribution in [3.05, 3.63) is 41.2 Å². The lowest BCUT2D eigenvalue weighted by molar-refractivity contribution is -0.162. The average Bonchev–Trinajstić information content (AvgIpc) is 3.30. The SMILES string of the molecule is CNc1ccn(CCOCCO)c1C(N)=Nc1ccc(OC2CCN(C(=O)OCC(F)(F)F)CC2)c(Cl)c1. The fourth-order valence-electron chi connectivity index (χ4n) is 3.89. The molecule has 1 aromatic heterocycles. The van der Waals surface area contributed by atoms with Crippen LogP contribution in [-0.2, 0) is 16.0 Å². The van der Waals surface area contributed by atoms with E-state index in [2.05, 4.69) is 15.0 Å². The first-order valence-electron chi connectivity index (χ1n) is 12.0. The van der Waals surface area contributed by atoms with E-state index in [1.54, 1.807) is 25.2 Å². The molecular weight excluding hydrogens is 531 g/mol. The van der Waals surface area contributed by atoms with E-state index in [1.165, 1.54) is 4.90 Å². The molecule has 210 valence electrons. The number of hydrogen-bond donors (Lipinski definition) is 3. The van der Waals surface area contributed by atoms with Crippen LogP contribution in [0.25, 0.3) is 0 Å². The van der Waals surface area contributed by atoms with Crippen LogP contribution < -0.4 is 15.8 Å². The Hall–Kier alpha value is -3.16. The van der Waals surface area contributed by atoms with E-state index in [0.717, 1.165) is 5.69 Å². The van der Waals surface area contributed by atoms with E-state index in [9.17, 15) is 18.0 Å². The average molecular weight is 562 g/mol. The van der Waals surface area contributed by atoms with Gasteiger partial charge in [-0.15, -0.1) is 0 Å². The Bertz CT molecular complexity index is 1100. The molecule has 0 aliphatic carbocycles. The van der Waals surface area contributed by atoms with Gasteiger partial charge in [-0.1, -0.05) is 11.6 Å². The predicted molar refractivity (Wildman–Crippen MR) is 136 cm³/mol. The zero-order valence-corrected chi connectivity index (χ0v) is 21.6. The maximum absolute atomic E-state index is 12.3. The number of anilines is 1. The summed E-state index contributed by atoms with van der Waals surface area (Å²) in [6.07, 6.45) is -3.15. The third-order valence-corrected chi connectivity index (χ3v) is 6.00. The molecule has 2 heterocycles. The normalized spacial score (nSPS) is 15.0. The number of rotatable bonds is 11. The number of piperidine rings is 1. The number of aliphatic imine (C=N–C) groups is 1. The number of halogens is 4. The number of alkyl halides is 3. The molecule has 0 saturated carbocycles. The minimum absolute atomic E-state index is 0.0520. The minimum atomic E-state index is -4.57. The Balaban J connectivity index is 1.60. The summed E-state index contributed by atoms with van der Waals surface area (Å²) in [6.45, 7) is -0.0991. The highest BCUT2D eigenvalue weighted by Crippen LogP contribution is 2.32. The van der Waals surface area contributed by atoms with Crippen molar-refractivity contribution < 1.29 is 37.3 Å². The number of ether oxygens (including phenoxy) is 3. The number of aliphatic hydroxyl groups excluding tert-OH is 1. The molecule has 0 unspecified atom stereocenters. The largest absolute Gasteiger partial charge is 0.489 e. The second kappa shape index (κ2) is 13.6. The fourth-order valence-corrected chi connectivity index (χ4v) is 4.11. The van der Waals surface area contributed by atoms with Gasteiger partial charge in [0.2, 0.25) is 0 Å². The first-order chi connectivity index (χ1) is 18.1. The Morgan fingerprint density at radius 1 is 1.26 bits per heavy atom. The summed E-state index contributed by atoms with van der Waals surface area (Å²) < 4.78 is 54.3. The van der Waals surface area contributed by atoms with Crippen LogP contribution in [0.15, 0.2) is 35.5 Å². The highest BCUT2D eigenvalue weighted by atomic mass is 35.5. The number of carbonyl (C=O) groups is 1. The van der Waals surface area contributed by atoms with Crippen molar-refractivity contribution in [3.63, 3.8) is 0 Å². The van der Waals surface area contributed by atoms with Crippen molar-refractivity contribution in [3.8, 4) is 5.75 Å². The van der Waals surface area contributed by atoms with Crippen LogP contribution in [0, 0.1) is 0 Å². The van der Waals surface area contributed by atoms with Gasteiger partial charge in [0.05, 0.1) is 36.2 Å². The summed E-state index contributed by atoms with van der Waals surface area (Å²) in [5, 5.41) is 12.3. The monoisotopic (exact) mass is 561 g/mol. The molecule has 0 spiro atoms. The van der Waals surface area contributed by atoms with Crippen molar-refractivity contribution in [2.75, 3.05) is 51.9 Å². The second-order valence-corrected chi connectivity index (χ2v) is 8.85. The number of benzene rings is 1. The van der Waals surface area contributed by atoms with Crippen molar-refractivity contribution in [2.45, 2.75) is 31.7 Å². The van der Waals surface area contributed by atoms with Gasteiger partial charge in [-0.25, -0.2) is 9.79 Å². The third kappa shape index (κ3) is 8.43. The van der Waals surface area contributed by atoms with E-state index in [4.69, 9.17) is 31.9 Å². The number of nitrogens with two attached hydrogens (primary N) is 1. The molecule has 1 aromatic carbocycles. The van der Waals surface area contributed by atoms with E-state index in [0.29, 0.717) is 48.1 Å². The summed E-state index contributed by atoms with van der Waals surface area (Å²) in [6, 6.07) is 6.85. The van der Waals surface area contributed by atoms with Crippen molar-refractivity contribution in [2.24, 2.45) is 10.7 Å². The maximum Gasteiger partial charge on any atom is 0.422 e. The van der Waals surface area contributed by atoms with Crippen LogP contribution in [0.3, 0.4) is 0 Å². The summed E-state index contributed by atoms with van der Waals surface area (Å²) in [5.74, 6) is 0.679. The van der Waals surface area contributed by atoms with Gasteiger partial charge >= 0.3 is 12.3 Å². The fraction of sp³-hybridized carbons (Fsp3) is 0.500. The molecule has 38 heavy (non-hydrogen) atoms. The predicted octanol–water partition coefficient (Wildman–Crippen LogP) is 3.77. The number of hydrogen-bond acceptors (Lipinski definition) is 7. The zero-order chi connectivity index (χ0) is 27.7. The number of amides is 1. The molecule has 14 heteroatoms. The lowest BCUT2D eigenvalue weighted by atomic mass is 10.1. The third-order valence-electron chi connectivity index (χ3n) is 5.71. The number of nitrogens with one attached hydrogen (secondary N) is 1. The second-order valence-electron chi connectivity index (χ2n) is 8.44. The molecular formula is C24H31ClF3N5O5. The molecule has 1 saturated heterocycles. The maximum atomic E-state index is 12.3. The standard InChI is InChI=1S/C24H31ClF3N5O5/c1-30-19-6-9-32(10-12-36-13-11-34)21(19)22(29)31-16-2-3-20(18(25)14-16)38-17-4-7-33(8-5-17)23(35)37-15-24(26,27)28/h2-3,6,9,14,17,30,34H,4-5,7-8,10-13,15H2,1H3,(H2,29,31). The van der Waals surface area contributed by atoms with E-state index >= 15 is 0 Å². The summed E-state index contributed by atoms with van der Waals surface area (Å²) in [4.78, 5) is 17.5. The van der Waals surface area contributed by atoms with Gasteiger partial charge < -0.3 is 39.8 Å². The zero-order valence-electron chi connectivity index (χ0n) is 20.8. The van der Waals surface area contributed by atoms with Crippen LogP contribution >= 0.6 is 11.6 Å². The molecule has 10 nitrogen and oxygen atoms in total. The van der Waals surface area contributed by atoms with Gasteiger partial charge in [-0.2, -0.15) is 13.2 Å². The molecule has 1 aliphatic rings. The molecule has 2 aromatic rings. The molecule has 0 bridgehead atoms. The molecule has 4 N–H and O–H groups in total. The van der Waals surface area contributed by atoms with Crippen molar-refractivity contribution in [1.82, 2.24) is 9.47 Å². The Labute approximate surface area is 223 Å². The number of amidine groups is 1. The number of likely N-dealkylation sites (tertiary alicyclic amines) is 1. The Kier molecular flexibility index (Phi) is 10.5. The number of aromatic nitrogens is 1. The molecule has 0 radical (unpaired) electrons. The summed E-state index contributed by atoms with van der Waals surface area (Å²) >= 11 is 6.43. The minimum Gasteiger partial charge on any atom is -0.489 e. The molecule has 3 rings (SSSR count). The van der Waals surface area contributed by atoms with E-state index in [-0.39, 0.29) is 38.2 Å².